The third-order valence-corrected chi connectivity index (χ3v) is 15.2. The number of aryl methyl sites for hydroxylation is 7. The van der Waals surface area contributed by atoms with Gasteiger partial charge in [0.25, 0.3) is 0 Å². The Labute approximate surface area is 389 Å². The van der Waals surface area contributed by atoms with Crippen LogP contribution in [0.15, 0.2) is 97.1 Å². The summed E-state index contributed by atoms with van der Waals surface area (Å²) in [7, 11) is 0. The van der Waals surface area contributed by atoms with Crippen LogP contribution >= 0.6 is 69.6 Å². The highest BCUT2D eigenvalue weighted by atomic mass is 35.6. The summed E-state index contributed by atoms with van der Waals surface area (Å²) in [6, 6.07) is 34.9. The summed E-state index contributed by atoms with van der Waals surface area (Å²) in [5.74, 6) is 0.117. The molecule has 1 unspecified atom stereocenters. The molecule has 0 aliphatic carbocycles. The third kappa shape index (κ3) is 8.95. The van der Waals surface area contributed by atoms with Gasteiger partial charge in [-0.2, -0.15) is 0 Å². The van der Waals surface area contributed by atoms with Gasteiger partial charge in [0, 0.05) is 5.92 Å². The smallest absolute Gasteiger partial charge is 0.0821 e. The van der Waals surface area contributed by atoms with Gasteiger partial charge in [0.05, 0.1) is 0 Å². The van der Waals surface area contributed by atoms with Crippen LogP contribution < -0.4 is 0 Å². The van der Waals surface area contributed by atoms with Crippen LogP contribution in [0.4, 0.5) is 0 Å². The van der Waals surface area contributed by atoms with Gasteiger partial charge in [0.1, 0.15) is 5.41 Å². The van der Waals surface area contributed by atoms with Crippen molar-refractivity contribution >= 4 is 69.6 Å². The second-order valence-corrected chi connectivity index (χ2v) is 21.8. The van der Waals surface area contributed by atoms with E-state index >= 15 is 0 Å². The molecule has 0 N–H and O–H groups in total. The van der Waals surface area contributed by atoms with Crippen molar-refractivity contribution in [2.75, 3.05) is 0 Å². The molecule has 6 heteroatoms. The summed E-state index contributed by atoms with van der Waals surface area (Å²) in [6.07, 6.45) is 2.37. The second-order valence-electron chi connectivity index (χ2n) is 17.2. The van der Waals surface area contributed by atoms with Crippen LogP contribution in [0.1, 0.15) is 124 Å². The number of hydrogen-bond donors (Lipinski definition) is 0. The number of alkyl halides is 6. The van der Waals surface area contributed by atoms with Crippen LogP contribution in [0.2, 0.25) is 0 Å². The van der Waals surface area contributed by atoms with Crippen LogP contribution in [-0.4, -0.2) is 7.59 Å². The fourth-order valence-electron chi connectivity index (χ4n) is 9.14. The van der Waals surface area contributed by atoms with Crippen molar-refractivity contribution in [3.63, 3.8) is 0 Å². The van der Waals surface area contributed by atoms with Gasteiger partial charge < -0.3 is 0 Å². The molecule has 0 amide bonds. The van der Waals surface area contributed by atoms with Crippen LogP contribution in [-0.2, 0) is 24.7 Å². The Bertz CT molecular complexity index is 2550. The Balaban J connectivity index is 1.54. The predicted molar refractivity (Wildman–Crippen MR) is 263 cm³/mol. The zero-order valence-corrected chi connectivity index (χ0v) is 41.2. The highest BCUT2D eigenvalue weighted by molar-refractivity contribution is 6.74. The first-order valence-electron chi connectivity index (χ1n) is 20.7. The van der Waals surface area contributed by atoms with Crippen molar-refractivity contribution in [2.24, 2.45) is 0 Å². The van der Waals surface area contributed by atoms with Gasteiger partial charge in [-0.05, 0) is 200 Å². The lowest BCUT2D eigenvalue weighted by Gasteiger charge is -2.46. The molecule has 60 heavy (non-hydrogen) atoms. The van der Waals surface area contributed by atoms with E-state index in [1.54, 1.807) is 0 Å². The predicted octanol–water partition coefficient (Wildman–Crippen LogP) is 16.7. The monoisotopic (exact) mass is 914 g/mol. The first-order valence-corrected chi connectivity index (χ1v) is 23.0. The summed E-state index contributed by atoms with van der Waals surface area (Å²) in [4.78, 5) is 0. The molecule has 314 valence electrons. The number of halogens is 6. The maximum Gasteiger partial charge on any atom is 0.208 e. The van der Waals surface area contributed by atoms with Crippen molar-refractivity contribution in [1.29, 1.82) is 0 Å². The zero-order chi connectivity index (χ0) is 44.1. The summed E-state index contributed by atoms with van der Waals surface area (Å²) in [5.41, 5.74) is 22.1. The van der Waals surface area contributed by atoms with Gasteiger partial charge in [0.15, 0.2) is 0 Å². The lowest BCUT2D eigenvalue weighted by atomic mass is 9.73. The van der Waals surface area contributed by atoms with E-state index < -0.39 is 13.0 Å². The maximum atomic E-state index is 7.04. The minimum atomic E-state index is -2.04. The summed E-state index contributed by atoms with van der Waals surface area (Å²) < 4.78 is -4.07. The van der Waals surface area contributed by atoms with Gasteiger partial charge in [-0.25, -0.2) is 0 Å². The standard InChI is InChI=1S/C54H56Cl6/c1-31-21-22-46(24-35(31)5)52(53(55,56)57,54(58,59)60)47-25-36(6)39(9)45(29-47)30-50-37(7)23-42(27-51(50)41(11)48-20-14-16-33(3)40(48)10)26-49-34(4)17-13-19-44(49)28-43-18-12-15-32(2)38(43)8/h12-25,27,29,41H,26,28,30H2,1-11H3. The van der Waals surface area contributed by atoms with Crippen LogP contribution in [0.5, 0.6) is 0 Å². The Hall–Kier alpha value is -2.94. The van der Waals surface area contributed by atoms with E-state index in [2.05, 4.69) is 135 Å². The van der Waals surface area contributed by atoms with Crippen molar-refractivity contribution in [2.45, 2.75) is 114 Å². The molecule has 0 bridgehead atoms. The summed E-state index contributed by atoms with van der Waals surface area (Å²) in [5, 5.41) is 0. The van der Waals surface area contributed by atoms with Gasteiger partial charge in [0.2, 0.25) is 7.59 Å². The van der Waals surface area contributed by atoms with Gasteiger partial charge in [-0.3, -0.25) is 0 Å². The molecule has 6 aromatic rings. The first-order chi connectivity index (χ1) is 28.1. The Kier molecular flexibility index (Phi) is 14.0. The molecular weight excluding hydrogens is 861 g/mol. The van der Waals surface area contributed by atoms with Crippen LogP contribution in [0, 0.1) is 69.2 Å². The molecule has 0 spiro atoms. The average molecular weight is 918 g/mol. The third-order valence-electron chi connectivity index (χ3n) is 13.5. The van der Waals surface area contributed by atoms with E-state index in [1.807, 2.05) is 38.1 Å². The highest BCUT2D eigenvalue weighted by Crippen LogP contribution is 2.62. The molecule has 1 atom stereocenters. The molecular formula is C54H56Cl6. The quantitative estimate of drug-likeness (QED) is 0.120. The Morgan fingerprint density at radius 3 is 1.60 bits per heavy atom. The SMILES string of the molecule is Cc1ccc(C(c2cc(C)c(C)c(Cc3c(C)cc(Cc4c(C)cccc4Cc4cccc(C)c4C)cc3C(C)c3cccc(C)c3C)c2)(C(Cl)(Cl)Cl)C(Cl)(Cl)Cl)cc1C. The lowest BCUT2D eigenvalue weighted by molar-refractivity contribution is 0.534. The molecule has 6 aromatic carbocycles. The molecule has 0 heterocycles. The van der Waals surface area contributed by atoms with E-state index in [4.69, 9.17) is 69.6 Å². The molecule has 0 aliphatic heterocycles. The van der Waals surface area contributed by atoms with Crippen molar-refractivity contribution in [3.8, 4) is 0 Å². The van der Waals surface area contributed by atoms with E-state index in [1.165, 1.54) is 72.3 Å². The minimum Gasteiger partial charge on any atom is -0.0821 e. The second kappa shape index (κ2) is 18.0. The number of hydrogen-bond acceptors (Lipinski definition) is 0. The van der Waals surface area contributed by atoms with Crippen molar-refractivity contribution < 1.29 is 0 Å². The largest absolute Gasteiger partial charge is 0.208 e. The number of rotatable bonds is 10. The van der Waals surface area contributed by atoms with E-state index in [0.717, 1.165) is 40.7 Å². The fourth-order valence-corrected chi connectivity index (χ4v) is 11.7. The topological polar surface area (TPSA) is 0 Å². The Morgan fingerprint density at radius 1 is 0.400 bits per heavy atom. The fraction of sp³-hybridized carbons (Fsp3) is 0.333. The van der Waals surface area contributed by atoms with E-state index in [-0.39, 0.29) is 5.92 Å². The summed E-state index contributed by atoms with van der Waals surface area (Å²) >= 11 is 42.2. The first kappa shape index (κ1) is 46.6. The molecule has 0 saturated carbocycles. The maximum absolute atomic E-state index is 7.04. The minimum absolute atomic E-state index is 0.117. The highest BCUT2D eigenvalue weighted by Gasteiger charge is 2.63. The van der Waals surface area contributed by atoms with Gasteiger partial charge in [-0.1, -0.05) is 174 Å². The molecule has 0 nitrogen and oxygen atoms in total. The number of benzene rings is 6. The molecule has 0 fully saturated rings. The molecule has 0 aliphatic rings. The molecule has 0 radical (unpaired) electrons. The zero-order valence-electron chi connectivity index (χ0n) is 36.7. The van der Waals surface area contributed by atoms with Gasteiger partial charge >= 0.3 is 0 Å². The normalized spacial score (nSPS) is 12.9. The van der Waals surface area contributed by atoms with Gasteiger partial charge in [-0.15, -0.1) is 0 Å². The Morgan fingerprint density at radius 2 is 0.967 bits per heavy atom. The van der Waals surface area contributed by atoms with Crippen LogP contribution in [0.25, 0.3) is 0 Å². The summed E-state index contributed by atoms with van der Waals surface area (Å²) in [6.45, 7) is 24.0. The van der Waals surface area contributed by atoms with Crippen LogP contribution in [0.3, 0.4) is 0 Å². The van der Waals surface area contributed by atoms with Crippen molar-refractivity contribution in [1.82, 2.24) is 0 Å². The molecule has 0 aromatic heterocycles. The van der Waals surface area contributed by atoms with Crippen molar-refractivity contribution in [3.05, 3.63) is 208 Å². The van der Waals surface area contributed by atoms with E-state index in [9.17, 15) is 0 Å². The lowest BCUT2D eigenvalue weighted by Crippen LogP contribution is -2.51. The molecule has 6 rings (SSSR count). The van der Waals surface area contributed by atoms with E-state index in [0.29, 0.717) is 17.5 Å². The average Bonchev–Trinajstić information content (AvgIpc) is 3.15. The molecule has 0 saturated heterocycles.